The highest BCUT2D eigenvalue weighted by Crippen LogP contribution is 2.31. The largest absolute Gasteiger partial charge is 0.384 e. The van der Waals surface area contributed by atoms with Gasteiger partial charge in [0.2, 0.25) is 0 Å². The molecule has 0 amide bonds. The van der Waals surface area contributed by atoms with Gasteiger partial charge in [-0.05, 0) is 79.7 Å². The summed E-state index contributed by atoms with van der Waals surface area (Å²) in [6.07, 6.45) is 5.20. The molecule has 1 fully saturated rings. The standard InChI is InChI=1S/C25H27N3S/c1-2-8-22-21(7-1)24(27-13-4-6-18-5-3-12-26-17-18)16-23(28-22)20-10-9-19-11-14-29-25(19)15-20/h1-2,7-11,14-16,18,26H,3-6,12-13,17H2,(H,27,28). The van der Waals surface area contributed by atoms with Gasteiger partial charge in [0.15, 0.2) is 0 Å². The van der Waals surface area contributed by atoms with Gasteiger partial charge in [-0.2, -0.15) is 0 Å². The molecule has 2 aromatic carbocycles. The molecule has 0 bridgehead atoms. The zero-order valence-corrected chi connectivity index (χ0v) is 17.5. The molecule has 1 aliphatic rings. The minimum Gasteiger partial charge on any atom is -0.384 e. The highest BCUT2D eigenvalue weighted by molar-refractivity contribution is 7.17. The Bertz CT molecular complexity index is 1110. The van der Waals surface area contributed by atoms with Crippen LogP contribution < -0.4 is 10.6 Å². The monoisotopic (exact) mass is 401 g/mol. The smallest absolute Gasteiger partial charge is 0.0730 e. The second-order valence-corrected chi connectivity index (χ2v) is 8.97. The first-order valence-corrected chi connectivity index (χ1v) is 11.6. The molecule has 0 saturated carbocycles. The van der Waals surface area contributed by atoms with Gasteiger partial charge in [-0.1, -0.05) is 30.3 Å². The van der Waals surface area contributed by atoms with Gasteiger partial charge >= 0.3 is 0 Å². The number of hydrogen-bond donors (Lipinski definition) is 2. The summed E-state index contributed by atoms with van der Waals surface area (Å²) in [4.78, 5) is 4.96. The molecule has 5 rings (SSSR count). The van der Waals surface area contributed by atoms with Gasteiger partial charge in [0.1, 0.15) is 0 Å². The third kappa shape index (κ3) is 4.14. The van der Waals surface area contributed by atoms with E-state index < -0.39 is 0 Å². The number of benzene rings is 2. The summed E-state index contributed by atoms with van der Waals surface area (Å²) in [7, 11) is 0. The van der Waals surface area contributed by atoms with Crippen LogP contribution in [0, 0.1) is 5.92 Å². The van der Waals surface area contributed by atoms with E-state index >= 15 is 0 Å². The van der Waals surface area contributed by atoms with Crippen molar-refractivity contribution >= 4 is 38.0 Å². The first-order valence-electron chi connectivity index (χ1n) is 10.7. The zero-order valence-electron chi connectivity index (χ0n) is 16.7. The number of nitrogens with one attached hydrogen (secondary N) is 2. The van der Waals surface area contributed by atoms with E-state index in [-0.39, 0.29) is 0 Å². The lowest BCUT2D eigenvalue weighted by molar-refractivity contribution is 0.353. The Morgan fingerprint density at radius 2 is 2.07 bits per heavy atom. The van der Waals surface area contributed by atoms with Crippen LogP contribution in [0.3, 0.4) is 0 Å². The molecule has 3 nitrogen and oxygen atoms in total. The number of para-hydroxylation sites is 1. The van der Waals surface area contributed by atoms with E-state index in [9.17, 15) is 0 Å². The van der Waals surface area contributed by atoms with Crippen LogP contribution in [0.15, 0.2) is 60.0 Å². The van der Waals surface area contributed by atoms with Crippen molar-refractivity contribution in [2.24, 2.45) is 5.92 Å². The van der Waals surface area contributed by atoms with Crippen LogP contribution in [0.4, 0.5) is 5.69 Å². The van der Waals surface area contributed by atoms with E-state index in [1.54, 1.807) is 11.3 Å². The third-order valence-corrected chi connectivity index (χ3v) is 6.85. The highest BCUT2D eigenvalue weighted by atomic mass is 32.1. The van der Waals surface area contributed by atoms with Crippen molar-refractivity contribution in [3.05, 3.63) is 60.0 Å². The SMILES string of the molecule is c1ccc2c(NCCCC3CCCNC3)cc(-c3ccc4ccsc4c3)nc2c1. The Morgan fingerprint density at radius 1 is 1.10 bits per heavy atom. The summed E-state index contributed by atoms with van der Waals surface area (Å²) in [5.74, 6) is 0.841. The van der Waals surface area contributed by atoms with Crippen molar-refractivity contribution in [3.8, 4) is 11.3 Å². The van der Waals surface area contributed by atoms with E-state index in [0.717, 1.165) is 23.7 Å². The lowest BCUT2D eigenvalue weighted by atomic mass is 9.95. The summed E-state index contributed by atoms with van der Waals surface area (Å²) in [6.45, 7) is 3.39. The Kier molecular flexibility index (Phi) is 5.46. The van der Waals surface area contributed by atoms with Gasteiger partial charge in [0.25, 0.3) is 0 Å². The van der Waals surface area contributed by atoms with Crippen LogP contribution in [0.25, 0.3) is 32.2 Å². The maximum atomic E-state index is 4.96. The second kappa shape index (κ2) is 8.52. The van der Waals surface area contributed by atoms with Crippen molar-refractivity contribution < 1.29 is 0 Å². The average Bonchev–Trinajstić information content (AvgIpc) is 3.25. The number of thiophene rings is 1. The molecule has 0 aliphatic carbocycles. The Balaban J connectivity index is 1.38. The van der Waals surface area contributed by atoms with Gasteiger partial charge in [-0.25, -0.2) is 4.98 Å². The third-order valence-electron chi connectivity index (χ3n) is 5.97. The molecule has 2 aromatic heterocycles. The van der Waals surface area contributed by atoms with Crippen LogP contribution in [-0.2, 0) is 0 Å². The van der Waals surface area contributed by atoms with Crippen LogP contribution in [-0.4, -0.2) is 24.6 Å². The number of nitrogens with zero attached hydrogens (tertiary/aromatic N) is 1. The van der Waals surface area contributed by atoms with E-state index in [0.29, 0.717) is 0 Å². The summed E-state index contributed by atoms with van der Waals surface area (Å²) in [5, 5.41) is 11.9. The average molecular weight is 402 g/mol. The van der Waals surface area contributed by atoms with E-state index in [4.69, 9.17) is 4.98 Å². The minimum atomic E-state index is 0.841. The molecule has 1 atom stereocenters. The molecule has 1 saturated heterocycles. The van der Waals surface area contributed by atoms with Gasteiger partial charge in [-0.3, -0.25) is 0 Å². The molecule has 4 aromatic rings. The van der Waals surface area contributed by atoms with E-state index in [1.165, 1.54) is 65.5 Å². The molecule has 0 spiro atoms. The number of hydrogen-bond acceptors (Lipinski definition) is 4. The molecule has 1 aliphatic heterocycles. The molecular formula is C25H27N3S. The molecule has 29 heavy (non-hydrogen) atoms. The van der Waals surface area contributed by atoms with Gasteiger partial charge in [-0.15, -0.1) is 11.3 Å². The number of fused-ring (bicyclic) bond motifs is 2. The predicted molar refractivity (Wildman–Crippen MR) is 126 cm³/mol. The fourth-order valence-electron chi connectivity index (χ4n) is 4.37. The summed E-state index contributed by atoms with van der Waals surface area (Å²) >= 11 is 1.79. The number of rotatable bonds is 6. The molecule has 148 valence electrons. The summed E-state index contributed by atoms with van der Waals surface area (Å²) in [5.41, 5.74) is 4.47. The van der Waals surface area contributed by atoms with Crippen LogP contribution >= 0.6 is 11.3 Å². The van der Waals surface area contributed by atoms with E-state index in [2.05, 4.69) is 70.6 Å². The first-order chi connectivity index (χ1) is 14.4. The normalized spacial score (nSPS) is 17.0. The van der Waals surface area contributed by atoms with Crippen LogP contribution in [0.2, 0.25) is 0 Å². The first kappa shape index (κ1) is 18.6. The maximum Gasteiger partial charge on any atom is 0.0730 e. The van der Waals surface area contributed by atoms with Crippen molar-refractivity contribution in [1.82, 2.24) is 10.3 Å². The maximum absolute atomic E-state index is 4.96. The fourth-order valence-corrected chi connectivity index (χ4v) is 5.20. The van der Waals surface area contributed by atoms with Gasteiger partial charge in [0, 0.05) is 27.9 Å². The Hall–Kier alpha value is -2.43. The Labute approximate surface area is 176 Å². The van der Waals surface area contributed by atoms with Crippen molar-refractivity contribution in [2.75, 3.05) is 25.0 Å². The lowest BCUT2D eigenvalue weighted by Crippen LogP contribution is -2.29. The number of piperidine rings is 1. The molecule has 2 N–H and O–H groups in total. The molecule has 3 heterocycles. The quantitative estimate of drug-likeness (QED) is 0.372. The van der Waals surface area contributed by atoms with E-state index in [1.807, 2.05) is 0 Å². The van der Waals surface area contributed by atoms with Gasteiger partial charge in [0.05, 0.1) is 11.2 Å². The summed E-state index contributed by atoms with van der Waals surface area (Å²) in [6, 6.07) is 19.5. The Morgan fingerprint density at radius 3 is 3.00 bits per heavy atom. The van der Waals surface area contributed by atoms with Crippen molar-refractivity contribution in [3.63, 3.8) is 0 Å². The van der Waals surface area contributed by atoms with Gasteiger partial charge < -0.3 is 10.6 Å². The lowest BCUT2D eigenvalue weighted by Gasteiger charge is -2.22. The van der Waals surface area contributed by atoms with Crippen molar-refractivity contribution in [1.29, 1.82) is 0 Å². The fraction of sp³-hybridized carbons (Fsp3) is 0.320. The zero-order chi connectivity index (χ0) is 19.5. The second-order valence-electron chi connectivity index (χ2n) is 8.03. The molecule has 4 heteroatoms. The molecule has 0 radical (unpaired) electrons. The number of anilines is 1. The number of pyridine rings is 1. The molecular weight excluding hydrogens is 374 g/mol. The predicted octanol–water partition coefficient (Wildman–Crippen LogP) is 6.31. The number of aromatic nitrogens is 1. The van der Waals surface area contributed by atoms with Crippen LogP contribution in [0.1, 0.15) is 25.7 Å². The summed E-state index contributed by atoms with van der Waals surface area (Å²) < 4.78 is 1.31. The topological polar surface area (TPSA) is 37.0 Å². The molecule has 1 unspecified atom stereocenters. The highest BCUT2D eigenvalue weighted by Gasteiger charge is 2.13. The van der Waals surface area contributed by atoms with Crippen LogP contribution in [0.5, 0.6) is 0 Å². The van der Waals surface area contributed by atoms with Crippen molar-refractivity contribution in [2.45, 2.75) is 25.7 Å². The minimum absolute atomic E-state index is 0.841.